The Balaban J connectivity index is 2.86. The molecule has 2 N–H and O–H groups in total. The van der Waals surface area contributed by atoms with Crippen LogP contribution in [-0.2, 0) is 18.4 Å². The summed E-state index contributed by atoms with van der Waals surface area (Å²) in [6.45, 7) is 11.7. The van der Waals surface area contributed by atoms with Gasteiger partial charge in [0.15, 0.2) is 0 Å². The van der Waals surface area contributed by atoms with Crippen molar-refractivity contribution in [3.8, 4) is 0 Å². The quantitative estimate of drug-likeness (QED) is 0.875. The number of nitrogens with zero attached hydrogens (tertiary/aromatic N) is 1. The minimum absolute atomic E-state index is 0.112. The van der Waals surface area contributed by atoms with E-state index in [0.717, 1.165) is 12.3 Å². The van der Waals surface area contributed by atoms with Crippen molar-refractivity contribution in [1.29, 1.82) is 0 Å². The first-order valence-corrected chi connectivity index (χ1v) is 6.85. The molecule has 0 saturated carbocycles. The molecule has 0 radical (unpaired) electrons. The summed E-state index contributed by atoms with van der Waals surface area (Å²) in [5.74, 6) is 0.739. The molecular weight excluding hydrogens is 216 g/mol. The second-order valence-corrected chi connectivity index (χ2v) is 6.93. The Morgan fingerprint density at radius 3 is 2.31 bits per heavy atom. The normalized spacial score (nSPS) is 12.4. The summed E-state index contributed by atoms with van der Waals surface area (Å²) in [5.41, 5.74) is 7.09. The average molecular weight is 240 g/mol. The van der Waals surface area contributed by atoms with Crippen molar-refractivity contribution in [2.45, 2.75) is 59.4 Å². The first-order chi connectivity index (χ1) is 7.34. The average Bonchev–Trinajstić information content (AvgIpc) is 2.57. The van der Waals surface area contributed by atoms with Crippen LogP contribution in [0, 0.1) is 5.92 Å². The Kier molecular flexibility index (Phi) is 4.51. The van der Waals surface area contributed by atoms with Gasteiger partial charge in [-0.3, -0.25) is 0 Å². The van der Waals surface area contributed by atoms with E-state index in [0.29, 0.717) is 6.54 Å². The molecular formula is C13H24N2S. The Labute approximate surface area is 103 Å². The molecule has 1 aromatic heterocycles. The largest absolute Gasteiger partial charge is 0.326 e. The van der Waals surface area contributed by atoms with E-state index in [1.807, 2.05) is 0 Å². The molecule has 0 saturated heterocycles. The lowest BCUT2D eigenvalue weighted by atomic mass is 9.91. The zero-order valence-electron chi connectivity index (χ0n) is 11.1. The lowest BCUT2D eigenvalue weighted by Gasteiger charge is -2.16. The highest BCUT2D eigenvalue weighted by Gasteiger charge is 2.22. The lowest BCUT2D eigenvalue weighted by molar-refractivity contribution is 0.557. The van der Waals surface area contributed by atoms with Crippen LogP contribution in [-0.4, -0.2) is 4.98 Å². The van der Waals surface area contributed by atoms with Gasteiger partial charge < -0.3 is 5.73 Å². The molecule has 0 spiro atoms. The molecule has 1 rings (SSSR count). The fourth-order valence-electron chi connectivity index (χ4n) is 1.64. The van der Waals surface area contributed by atoms with Crippen LogP contribution in [0.2, 0.25) is 0 Å². The van der Waals surface area contributed by atoms with Gasteiger partial charge in [0.25, 0.3) is 0 Å². The minimum Gasteiger partial charge on any atom is -0.326 e. The van der Waals surface area contributed by atoms with Crippen molar-refractivity contribution in [2.24, 2.45) is 11.7 Å². The van der Waals surface area contributed by atoms with Crippen molar-refractivity contribution in [3.63, 3.8) is 0 Å². The Morgan fingerprint density at radius 1 is 1.31 bits per heavy atom. The van der Waals surface area contributed by atoms with Crippen LogP contribution in [0.3, 0.4) is 0 Å². The van der Waals surface area contributed by atoms with Crippen LogP contribution >= 0.6 is 11.3 Å². The van der Waals surface area contributed by atoms with E-state index >= 15 is 0 Å². The van der Waals surface area contributed by atoms with Gasteiger partial charge in [0.05, 0.1) is 10.7 Å². The number of aryl methyl sites for hydroxylation is 1. The highest BCUT2D eigenvalue weighted by molar-refractivity contribution is 7.11. The van der Waals surface area contributed by atoms with Gasteiger partial charge in [-0.2, -0.15) is 0 Å². The van der Waals surface area contributed by atoms with Gasteiger partial charge in [0, 0.05) is 16.8 Å². The van der Waals surface area contributed by atoms with Gasteiger partial charge in [0.2, 0.25) is 0 Å². The SMILES string of the molecule is CC(C)CCc1nc(C(C)(C)C)c(CN)s1. The van der Waals surface area contributed by atoms with Gasteiger partial charge in [-0.05, 0) is 18.8 Å². The number of aromatic nitrogens is 1. The van der Waals surface area contributed by atoms with Crippen molar-refractivity contribution in [3.05, 3.63) is 15.6 Å². The van der Waals surface area contributed by atoms with Crippen LogP contribution in [0.5, 0.6) is 0 Å². The lowest BCUT2D eigenvalue weighted by Crippen LogP contribution is -2.15. The first kappa shape index (κ1) is 13.7. The topological polar surface area (TPSA) is 38.9 Å². The summed E-state index contributed by atoms with van der Waals surface area (Å²) < 4.78 is 0. The number of nitrogens with two attached hydrogens (primary N) is 1. The molecule has 16 heavy (non-hydrogen) atoms. The van der Waals surface area contributed by atoms with E-state index < -0.39 is 0 Å². The van der Waals surface area contributed by atoms with Gasteiger partial charge in [0.1, 0.15) is 0 Å². The predicted molar refractivity (Wildman–Crippen MR) is 71.9 cm³/mol. The third-order valence-corrected chi connectivity index (χ3v) is 3.71. The molecule has 2 nitrogen and oxygen atoms in total. The molecule has 0 bridgehead atoms. The third-order valence-electron chi connectivity index (χ3n) is 2.57. The van der Waals surface area contributed by atoms with Gasteiger partial charge in [-0.1, -0.05) is 34.6 Å². The standard InChI is InChI=1S/C13H24N2S/c1-9(2)6-7-11-15-12(13(3,4)5)10(8-14)16-11/h9H,6-8,14H2,1-5H3. The minimum atomic E-state index is 0.112. The molecule has 0 aliphatic rings. The number of hydrogen-bond donors (Lipinski definition) is 1. The molecule has 0 unspecified atom stereocenters. The van der Waals surface area contributed by atoms with E-state index in [4.69, 9.17) is 10.7 Å². The van der Waals surface area contributed by atoms with E-state index in [2.05, 4.69) is 34.6 Å². The second kappa shape index (κ2) is 5.28. The maximum atomic E-state index is 5.79. The van der Waals surface area contributed by atoms with Crippen molar-refractivity contribution in [2.75, 3.05) is 0 Å². The molecule has 1 heterocycles. The van der Waals surface area contributed by atoms with Crippen molar-refractivity contribution < 1.29 is 0 Å². The van der Waals surface area contributed by atoms with Gasteiger partial charge in [-0.15, -0.1) is 11.3 Å². The summed E-state index contributed by atoms with van der Waals surface area (Å²) in [6.07, 6.45) is 2.30. The smallest absolute Gasteiger partial charge is 0.0931 e. The summed E-state index contributed by atoms with van der Waals surface area (Å²) in [6, 6.07) is 0. The van der Waals surface area contributed by atoms with Crippen LogP contribution in [0.25, 0.3) is 0 Å². The fraction of sp³-hybridized carbons (Fsp3) is 0.769. The molecule has 0 aromatic carbocycles. The molecule has 92 valence electrons. The van der Waals surface area contributed by atoms with Crippen LogP contribution in [0.1, 0.15) is 56.6 Å². The monoisotopic (exact) mass is 240 g/mol. The second-order valence-electron chi connectivity index (χ2n) is 5.77. The maximum Gasteiger partial charge on any atom is 0.0931 e. The zero-order valence-corrected chi connectivity index (χ0v) is 11.9. The van der Waals surface area contributed by atoms with E-state index in [1.54, 1.807) is 11.3 Å². The van der Waals surface area contributed by atoms with Crippen LogP contribution < -0.4 is 5.73 Å². The summed E-state index contributed by atoms with van der Waals surface area (Å²) in [5, 5.41) is 1.25. The van der Waals surface area contributed by atoms with E-state index in [9.17, 15) is 0 Å². The molecule has 0 amide bonds. The Bertz CT molecular complexity index is 334. The van der Waals surface area contributed by atoms with Crippen LogP contribution in [0.4, 0.5) is 0 Å². The molecule has 3 heteroatoms. The number of rotatable bonds is 4. The summed E-state index contributed by atoms with van der Waals surface area (Å²) in [4.78, 5) is 6.02. The predicted octanol–water partition coefficient (Wildman–Crippen LogP) is 3.49. The van der Waals surface area contributed by atoms with E-state index in [-0.39, 0.29) is 5.41 Å². The van der Waals surface area contributed by atoms with Gasteiger partial charge in [-0.25, -0.2) is 4.98 Å². The van der Waals surface area contributed by atoms with Crippen molar-refractivity contribution in [1.82, 2.24) is 4.98 Å². The summed E-state index contributed by atoms with van der Waals surface area (Å²) in [7, 11) is 0. The highest BCUT2D eigenvalue weighted by Crippen LogP contribution is 2.30. The maximum absolute atomic E-state index is 5.79. The molecule has 0 fully saturated rings. The summed E-state index contributed by atoms with van der Waals surface area (Å²) >= 11 is 1.79. The van der Waals surface area contributed by atoms with Crippen molar-refractivity contribution >= 4 is 11.3 Å². The number of thiazole rings is 1. The number of hydrogen-bond acceptors (Lipinski definition) is 3. The van der Waals surface area contributed by atoms with E-state index in [1.165, 1.54) is 22.0 Å². The first-order valence-electron chi connectivity index (χ1n) is 6.03. The zero-order chi connectivity index (χ0) is 12.3. The molecule has 0 aliphatic carbocycles. The van der Waals surface area contributed by atoms with Crippen LogP contribution in [0.15, 0.2) is 0 Å². The molecule has 1 aromatic rings. The molecule has 0 atom stereocenters. The van der Waals surface area contributed by atoms with Gasteiger partial charge >= 0.3 is 0 Å². The third kappa shape index (κ3) is 3.56. The fourth-order valence-corrected chi connectivity index (χ4v) is 2.82. The molecule has 0 aliphatic heterocycles. The Hall–Kier alpha value is -0.410. The Morgan fingerprint density at radius 2 is 1.94 bits per heavy atom. The highest BCUT2D eigenvalue weighted by atomic mass is 32.1.